The van der Waals surface area contributed by atoms with Crippen molar-refractivity contribution in [3.8, 4) is 0 Å². The molecule has 0 saturated carbocycles. The Kier molecular flexibility index (Phi) is 4.33. The summed E-state index contributed by atoms with van der Waals surface area (Å²) in [5.41, 5.74) is 1.48. The zero-order valence-corrected chi connectivity index (χ0v) is 11.3. The standard InChI is InChI=1S/C13H19N5O/c1-3-17-10-6-12(16-17)13(19)14-7-4-8-18-9-5-11(2)15-18/h5-6,9-10H,3-4,7-8H2,1-2H3,(H,14,19). The van der Waals surface area contributed by atoms with Crippen molar-refractivity contribution in [3.63, 3.8) is 0 Å². The van der Waals surface area contributed by atoms with Gasteiger partial charge in [0.2, 0.25) is 0 Å². The van der Waals surface area contributed by atoms with E-state index >= 15 is 0 Å². The maximum atomic E-state index is 11.8. The second kappa shape index (κ2) is 6.17. The van der Waals surface area contributed by atoms with Crippen LogP contribution in [0.25, 0.3) is 0 Å². The first-order valence-corrected chi connectivity index (χ1v) is 6.50. The summed E-state index contributed by atoms with van der Waals surface area (Å²) in [4.78, 5) is 11.8. The molecule has 2 aromatic heterocycles. The second-order valence-corrected chi connectivity index (χ2v) is 4.39. The highest BCUT2D eigenvalue weighted by Crippen LogP contribution is 1.97. The van der Waals surface area contributed by atoms with E-state index in [9.17, 15) is 4.79 Å². The van der Waals surface area contributed by atoms with Crippen molar-refractivity contribution in [3.05, 3.63) is 35.9 Å². The van der Waals surface area contributed by atoms with Crippen molar-refractivity contribution in [1.29, 1.82) is 0 Å². The number of aryl methyl sites for hydroxylation is 3. The first-order valence-electron chi connectivity index (χ1n) is 6.50. The van der Waals surface area contributed by atoms with Crippen LogP contribution in [0.1, 0.15) is 29.5 Å². The van der Waals surface area contributed by atoms with E-state index in [1.807, 2.05) is 30.8 Å². The van der Waals surface area contributed by atoms with Crippen LogP contribution in [-0.2, 0) is 13.1 Å². The number of nitrogens with zero attached hydrogens (tertiary/aromatic N) is 4. The van der Waals surface area contributed by atoms with Crippen molar-refractivity contribution < 1.29 is 4.79 Å². The van der Waals surface area contributed by atoms with Gasteiger partial charge in [-0.3, -0.25) is 14.2 Å². The van der Waals surface area contributed by atoms with E-state index in [1.165, 1.54) is 0 Å². The third-order valence-electron chi connectivity index (χ3n) is 2.82. The largest absolute Gasteiger partial charge is 0.351 e. The zero-order chi connectivity index (χ0) is 13.7. The smallest absolute Gasteiger partial charge is 0.271 e. The minimum atomic E-state index is -0.121. The number of carbonyl (C=O) groups is 1. The molecule has 0 fully saturated rings. The van der Waals surface area contributed by atoms with E-state index in [-0.39, 0.29) is 5.91 Å². The molecule has 6 heteroatoms. The molecule has 0 saturated heterocycles. The summed E-state index contributed by atoms with van der Waals surface area (Å²) in [7, 11) is 0. The van der Waals surface area contributed by atoms with Crippen LogP contribution in [0.5, 0.6) is 0 Å². The molecule has 0 aliphatic carbocycles. The number of rotatable bonds is 6. The third kappa shape index (κ3) is 3.67. The van der Waals surface area contributed by atoms with Gasteiger partial charge in [0, 0.05) is 32.0 Å². The monoisotopic (exact) mass is 261 g/mol. The van der Waals surface area contributed by atoms with Crippen molar-refractivity contribution in [2.24, 2.45) is 0 Å². The second-order valence-electron chi connectivity index (χ2n) is 4.39. The molecular formula is C13H19N5O. The van der Waals surface area contributed by atoms with Gasteiger partial charge in [-0.25, -0.2) is 0 Å². The lowest BCUT2D eigenvalue weighted by Crippen LogP contribution is -2.25. The van der Waals surface area contributed by atoms with Gasteiger partial charge >= 0.3 is 0 Å². The van der Waals surface area contributed by atoms with Crippen LogP contribution in [0.4, 0.5) is 0 Å². The Bertz CT molecular complexity index is 543. The molecule has 1 amide bonds. The summed E-state index contributed by atoms with van der Waals surface area (Å²) in [5, 5.41) is 11.3. The first-order chi connectivity index (χ1) is 9.19. The topological polar surface area (TPSA) is 64.7 Å². The number of nitrogens with one attached hydrogen (secondary N) is 1. The van der Waals surface area contributed by atoms with Crippen LogP contribution < -0.4 is 5.32 Å². The van der Waals surface area contributed by atoms with Crippen LogP contribution >= 0.6 is 0 Å². The van der Waals surface area contributed by atoms with Crippen LogP contribution in [0.2, 0.25) is 0 Å². The number of amides is 1. The lowest BCUT2D eigenvalue weighted by atomic mass is 10.3. The molecule has 0 atom stereocenters. The summed E-state index contributed by atoms with van der Waals surface area (Å²) in [5.74, 6) is -0.121. The minimum absolute atomic E-state index is 0.121. The fourth-order valence-corrected chi connectivity index (χ4v) is 1.78. The fraction of sp³-hybridized carbons (Fsp3) is 0.462. The molecule has 6 nitrogen and oxygen atoms in total. The van der Waals surface area contributed by atoms with Crippen LogP contribution in [0, 0.1) is 6.92 Å². The number of hydrogen-bond acceptors (Lipinski definition) is 3. The van der Waals surface area contributed by atoms with Crippen molar-refractivity contribution in [2.45, 2.75) is 33.4 Å². The average molecular weight is 261 g/mol. The van der Waals surface area contributed by atoms with Gasteiger partial charge < -0.3 is 5.32 Å². The highest BCUT2D eigenvalue weighted by atomic mass is 16.1. The van der Waals surface area contributed by atoms with Gasteiger partial charge in [0.05, 0.1) is 5.69 Å². The molecule has 0 aromatic carbocycles. The molecule has 0 unspecified atom stereocenters. The highest BCUT2D eigenvalue weighted by Gasteiger charge is 2.07. The van der Waals surface area contributed by atoms with Crippen molar-refractivity contribution >= 4 is 5.91 Å². The Morgan fingerprint density at radius 1 is 1.26 bits per heavy atom. The Morgan fingerprint density at radius 2 is 2.05 bits per heavy atom. The Balaban J connectivity index is 1.72. The third-order valence-corrected chi connectivity index (χ3v) is 2.82. The van der Waals surface area contributed by atoms with E-state index in [4.69, 9.17) is 0 Å². The maximum Gasteiger partial charge on any atom is 0.271 e. The quantitative estimate of drug-likeness (QED) is 0.795. The lowest BCUT2D eigenvalue weighted by Gasteiger charge is -2.03. The van der Waals surface area contributed by atoms with Crippen molar-refractivity contribution in [1.82, 2.24) is 24.9 Å². The lowest BCUT2D eigenvalue weighted by molar-refractivity contribution is 0.0947. The molecule has 0 aliphatic rings. The number of carbonyl (C=O) groups excluding carboxylic acids is 1. The van der Waals surface area contributed by atoms with Gasteiger partial charge in [0.25, 0.3) is 5.91 Å². The molecule has 2 heterocycles. The Morgan fingerprint density at radius 3 is 2.68 bits per heavy atom. The summed E-state index contributed by atoms with van der Waals surface area (Å²) in [6.07, 6.45) is 4.60. The van der Waals surface area contributed by atoms with Gasteiger partial charge in [-0.05, 0) is 32.4 Å². The van der Waals surface area contributed by atoms with E-state index in [2.05, 4.69) is 15.5 Å². The van der Waals surface area contributed by atoms with E-state index in [0.717, 1.165) is 25.2 Å². The molecular weight excluding hydrogens is 242 g/mol. The molecule has 0 spiro atoms. The zero-order valence-electron chi connectivity index (χ0n) is 11.3. The van der Waals surface area contributed by atoms with Crippen LogP contribution in [-0.4, -0.2) is 32.0 Å². The Hall–Kier alpha value is -2.11. The van der Waals surface area contributed by atoms with E-state index in [0.29, 0.717) is 12.2 Å². The molecule has 102 valence electrons. The van der Waals surface area contributed by atoms with Gasteiger partial charge in [0.15, 0.2) is 0 Å². The summed E-state index contributed by atoms with van der Waals surface area (Å²) in [6, 6.07) is 3.70. The number of aromatic nitrogens is 4. The maximum absolute atomic E-state index is 11.8. The molecule has 1 N–H and O–H groups in total. The average Bonchev–Trinajstić information content (AvgIpc) is 3.03. The fourth-order valence-electron chi connectivity index (χ4n) is 1.78. The highest BCUT2D eigenvalue weighted by molar-refractivity contribution is 5.92. The van der Waals surface area contributed by atoms with Gasteiger partial charge in [-0.2, -0.15) is 10.2 Å². The molecule has 0 aliphatic heterocycles. The first kappa shape index (κ1) is 13.3. The van der Waals surface area contributed by atoms with E-state index in [1.54, 1.807) is 16.9 Å². The van der Waals surface area contributed by atoms with Gasteiger partial charge in [-0.15, -0.1) is 0 Å². The normalized spacial score (nSPS) is 10.6. The number of hydrogen-bond donors (Lipinski definition) is 1. The van der Waals surface area contributed by atoms with E-state index < -0.39 is 0 Å². The Labute approximate surface area is 112 Å². The summed E-state index contributed by atoms with van der Waals surface area (Å²) in [6.45, 7) is 6.14. The molecule has 19 heavy (non-hydrogen) atoms. The predicted molar refractivity (Wildman–Crippen MR) is 71.8 cm³/mol. The summed E-state index contributed by atoms with van der Waals surface area (Å²) >= 11 is 0. The van der Waals surface area contributed by atoms with Crippen LogP contribution in [0.3, 0.4) is 0 Å². The summed E-state index contributed by atoms with van der Waals surface area (Å²) < 4.78 is 3.62. The molecule has 0 radical (unpaired) electrons. The minimum Gasteiger partial charge on any atom is -0.351 e. The molecule has 2 aromatic rings. The van der Waals surface area contributed by atoms with Gasteiger partial charge in [-0.1, -0.05) is 0 Å². The molecule has 0 bridgehead atoms. The van der Waals surface area contributed by atoms with Crippen LogP contribution in [0.15, 0.2) is 24.5 Å². The predicted octanol–water partition coefficient (Wildman–Crippen LogP) is 1.23. The van der Waals surface area contributed by atoms with Gasteiger partial charge in [0.1, 0.15) is 5.69 Å². The van der Waals surface area contributed by atoms with Crippen molar-refractivity contribution in [2.75, 3.05) is 6.54 Å². The SMILES string of the molecule is CCn1ccc(C(=O)NCCCn2ccc(C)n2)n1. The molecule has 2 rings (SSSR count).